The molecule has 0 radical (unpaired) electrons. The first-order valence-corrected chi connectivity index (χ1v) is 8.87. The van der Waals surface area contributed by atoms with Crippen molar-refractivity contribution in [3.63, 3.8) is 0 Å². The van der Waals surface area contributed by atoms with Gasteiger partial charge in [0.15, 0.2) is 5.96 Å². The summed E-state index contributed by atoms with van der Waals surface area (Å²) in [5.74, 6) is 0.817. The van der Waals surface area contributed by atoms with E-state index in [2.05, 4.69) is 35.3 Å². The van der Waals surface area contributed by atoms with E-state index in [1.165, 1.54) is 0 Å². The van der Waals surface area contributed by atoms with Crippen molar-refractivity contribution >= 4 is 35.8 Å². The summed E-state index contributed by atoms with van der Waals surface area (Å²) in [5.41, 5.74) is 15.1. The van der Waals surface area contributed by atoms with Crippen molar-refractivity contribution in [3.8, 4) is 11.8 Å². The summed E-state index contributed by atoms with van der Waals surface area (Å²) in [4.78, 5) is 4.31. The van der Waals surface area contributed by atoms with E-state index in [1.807, 2.05) is 31.2 Å². The van der Waals surface area contributed by atoms with Gasteiger partial charge in [0, 0.05) is 12.6 Å². The van der Waals surface area contributed by atoms with E-state index in [0.29, 0.717) is 42.0 Å². The van der Waals surface area contributed by atoms with Crippen molar-refractivity contribution in [3.05, 3.63) is 41.1 Å². The predicted octanol–water partition coefficient (Wildman–Crippen LogP) is 2.89. The predicted molar refractivity (Wildman–Crippen MR) is 121 cm³/mol. The molecule has 1 heterocycles. The molecule has 27 heavy (non-hydrogen) atoms. The number of halogens is 1. The van der Waals surface area contributed by atoms with Crippen molar-refractivity contribution < 1.29 is 0 Å². The van der Waals surface area contributed by atoms with E-state index in [1.54, 1.807) is 4.68 Å². The maximum absolute atomic E-state index is 9.43. The van der Waals surface area contributed by atoms with Crippen LogP contribution in [0, 0.1) is 18.3 Å². The lowest BCUT2D eigenvalue weighted by molar-refractivity contribution is 0.635. The number of nitrogens with one attached hydrogen (secondary N) is 1. The summed E-state index contributed by atoms with van der Waals surface area (Å²) in [6.45, 7) is 6.73. The van der Waals surface area contributed by atoms with Gasteiger partial charge in [0.1, 0.15) is 17.5 Å². The van der Waals surface area contributed by atoms with Gasteiger partial charge in [0.25, 0.3) is 0 Å². The fraction of sp³-hybridized carbons (Fsp3) is 0.421. The Bertz CT molecular complexity index is 803. The van der Waals surface area contributed by atoms with Crippen molar-refractivity contribution in [1.29, 1.82) is 5.26 Å². The Balaban J connectivity index is 0.00000364. The lowest BCUT2D eigenvalue weighted by Gasteiger charge is -2.11. The van der Waals surface area contributed by atoms with Gasteiger partial charge in [0.05, 0.1) is 11.4 Å². The highest BCUT2D eigenvalue weighted by Crippen LogP contribution is 2.21. The summed E-state index contributed by atoms with van der Waals surface area (Å²) in [6, 6.07) is 10.3. The number of hydrogen-bond donors (Lipinski definition) is 3. The zero-order chi connectivity index (χ0) is 19.1. The van der Waals surface area contributed by atoms with Crippen LogP contribution in [0.5, 0.6) is 0 Å². The van der Waals surface area contributed by atoms with Gasteiger partial charge >= 0.3 is 0 Å². The van der Waals surface area contributed by atoms with Crippen LogP contribution in [0.25, 0.3) is 5.69 Å². The normalized spacial score (nSPS) is 12.1. The van der Waals surface area contributed by atoms with E-state index in [9.17, 15) is 5.26 Å². The molecule has 2 aromatic rings. The number of nitrogens with two attached hydrogens (primary N) is 2. The van der Waals surface area contributed by atoms with Crippen LogP contribution in [-0.2, 0) is 6.42 Å². The number of aromatic nitrogens is 2. The van der Waals surface area contributed by atoms with Gasteiger partial charge in [-0.05, 0) is 45.2 Å². The number of rotatable bonds is 7. The highest BCUT2D eigenvalue weighted by Gasteiger charge is 2.16. The minimum atomic E-state index is 0. The molecule has 0 aliphatic rings. The Morgan fingerprint density at radius 3 is 2.63 bits per heavy atom. The molecule has 0 fully saturated rings. The molecule has 146 valence electrons. The molecule has 0 spiro atoms. The summed E-state index contributed by atoms with van der Waals surface area (Å²) in [7, 11) is 0. The Kier molecular flexibility index (Phi) is 9.08. The van der Waals surface area contributed by atoms with Crippen molar-refractivity contribution in [1.82, 2.24) is 15.1 Å². The molecule has 7 nitrogen and oxygen atoms in total. The average Bonchev–Trinajstić information content (AvgIpc) is 2.94. The van der Waals surface area contributed by atoms with Crippen LogP contribution >= 0.6 is 24.0 Å². The van der Waals surface area contributed by atoms with E-state index in [4.69, 9.17) is 11.5 Å². The number of nitriles is 1. The minimum absolute atomic E-state index is 0. The topological polar surface area (TPSA) is 118 Å². The van der Waals surface area contributed by atoms with E-state index in [0.717, 1.165) is 24.1 Å². The van der Waals surface area contributed by atoms with Gasteiger partial charge in [-0.3, -0.25) is 4.99 Å². The largest absolute Gasteiger partial charge is 0.382 e. The first-order chi connectivity index (χ1) is 12.5. The highest BCUT2D eigenvalue weighted by atomic mass is 127. The molecule has 1 unspecified atom stereocenters. The molecule has 1 atom stereocenters. The number of benzene rings is 1. The SMILES string of the molecule is CCC(C)NC(N)=NCCCc1nn(-c2ccc(C)cc2)c(N)c1C#N.I. The molecule has 0 aliphatic heterocycles. The van der Waals surface area contributed by atoms with Crippen LogP contribution in [0.3, 0.4) is 0 Å². The van der Waals surface area contributed by atoms with Crippen LogP contribution in [0.4, 0.5) is 5.82 Å². The molecular weight excluding hydrogens is 453 g/mol. The van der Waals surface area contributed by atoms with Gasteiger partial charge in [-0.2, -0.15) is 10.4 Å². The maximum Gasteiger partial charge on any atom is 0.188 e. The smallest absolute Gasteiger partial charge is 0.188 e. The Morgan fingerprint density at radius 1 is 1.37 bits per heavy atom. The number of aryl methyl sites for hydroxylation is 2. The molecule has 0 amide bonds. The first-order valence-electron chi connectivity index (χ1n) is 8.87. The quantitative estimate of drug-likeness (QED) is 0.243. The lowest BCUT2D eigenvalue weighted by atomic mass is 10.1. The molecule has 8 heteroatoms. The molecule has 5 N–H and O–H groups in total. The Hall–Kier alpha value is -2.28. The fourth-order valence-electron chi connectivity index (χ4n) is 2.50. The average molecular weight is 481 g/mol. The van der Waals surface area contributed by atoms with Gasteiger partial charge in [-0.15, -0.1) is 24.0 Å². The van der Waals surface area contributed by atoms with Crippen molar-refractivity contribution in [2.75, 3.05) is 12.3 Å². The lowest BCUT2D eigenvalue weighted by Crippen LogP contribution is -2.38. The Morgan fingerprint density at radius 2 is 2.04 bits per heavy atom. The zero-order valence-corrected chi connectivity index (χ0v) is 18.4. The van der Waals surface area contributed by atoms with Crippen molar-refractivity contribution in [2.24, 2.45) is 10.7 Å². The van der Waals surface area contributed by atoms with Gasteiger partial charge in [-0.25, -0.2) is 4.68 Å². The standard InChI is InChI=1S/C19H27N7.HI/c1-4-14(3)24-19(22)23-11-5-6-17-16(12-20)18(21)26(25-17)15-9-7-13(2)8-10-15;/h7-10,14H,4-6,11,21H2,1-3H3,(H3,22,23,24);1H. The third-order valence-corrected chi connectivity index (χ3v) is 4.24. The number of guanidine groups is 1. The minimum Gasteiger partial charge on any atom is -0.382 e. The fourth-order valence-corrected chi connectivity index (χ4v) is 2.50. The summed E-state index contributed by atoms with van der Waals surface area (Å²) in [5, 5.41) is 17.1. The molecule has 0 aliphatic carbocycles. The van der Waals surface area contributed by atoms with Crippen LogP contribution in [-0.4, -0.2) is 28.3 Å². The molecule has 2 rings (SSSR count). The monoisotopic (exact) mass is 481 g/mol. The summed E-state index contributed by atoms with van der Waals surface area (Å²) >= 11 is 0. The summed E-state index contributed by atoms with van der Waals surface area (Å²) < 4.78 is 1.62. The van der Waals surface area contributed by atoms with Gasteiger partial charge in [-0.1, -0.05) is 24.6 Å². The second-order valence-corrected chi connectivity index (χ2v) is 6.39. The summed E-state index contributed by atoms with van der Waals surface area (Å²) in [6.07, 6.45) is 2.34. The van der Waals surface area contributed by atoms with E-state index >= 15 is 0 Å². The van der Waals surface area contributed by atoms with Gasteiger partial charge in [0.2, 0.25) is 0 Å². The molecule has 0 saturated carbocycles. The van der Waals surface area contributed by atoms with Gasteiger partial charge < -0.3 is 16.8 Å². The van der Waals surface area contributed by atoms with E-state index in [-0.39, 0.29) is 24.0 Å². The number of anilines is 1. The van der Waals surface area contributed by atoms with Crippen LogP contribution in [0.15, 0.2) is 29.3 Å². The van der Waals surface area contributed by atoms with Crippen LogP contribution < -0.4 is 16.8 Å². The first kappa shape index (κ1) is 22.8. The molecule has 0 bridgehead atoms. The third kappa shape index (κ3) is 6.13. The number of aliphatic imine (C=N–C) groups is 1. The number of nitrogens with zero attached hydrogens (tertiary/aromatic N) is 4. The Labute approximate surface area is 177 Å². The third-order valence-electron chi connectivity index (χ3n) is 4.24. The second kappa shape index (κ2) is 10.8. The molecule has 1 aromatic carbocycles. The van der Waals surface area contributed by atoms with Crippen LogP contribution in [0.1, 0.15) is 43.5 Å². The maximum atomic E-state index is 9.43. The second-order valence-electron chi connectivity index (χ2n) is 6.39. The zero-order valence-electron chi connectivity index (χ0n) is 16.1. The van der Waals surface area contributed by atoms with Crippen molar-refractivity contribution in [2.45, 2.75) is 46.1 Å². The molecule has 1 aromatic heterocycles. The van der Waals surface area contributed by atoms with Crippen LogP contribution in [0.2, 0.25) is 0 Å². The molecule has 0 saturated heterocycles. The van der Waals surface area contributed by atoms with E-state index < -0.39 is 0 Å². The number of nitrogen functional groups attached to an aromatic ring is 1. The highest BCUT2D eigenvalue weighted by molar-refractivity contribution is 14.0. The number of hydrogen-bond acceptors (Lipinski definition) is 4. The molecular formula is C19H28IN7.